The molecular weight excluding hydrogens is 200 g/mol. The van der Waals surface area contributed by atoms with Crippen LogP contribution in [-0.4, -0.2) is 23.0 Å². The highest BCUT2D eigenvalue weighted by molar-refractivity contribution is 5.20. The summed E-state index contributed by atoms with van der Waals surface area (Å²) in [7, 11) is 0. The molecule has 1 aliphatic rings. The molecule has 0 spiro atoms. The molecule has 0 bridgehead atoms. The first-order valence-electron chi connectivity index (χ1n) is 6.15. The van der Waals surface area contributed by atoms with Crippen molar-refractivity contribution in [3.8, 4) is 0 Å². The number of aryl methyl sites for hydroxylation is 1. The summed E-state index contributed by atoms with van der Waals surface area (Å²) in [5, 5.41) is 0. The fourth-order valence-corrected chi connectivity index (χ4v) is 2.56. The Kier molecular flexibility index (Phi) is 3.44. The summed E-state index contributed by atoms with van der Waals surface area (Å²) in [6.07, 6.45) is 5.68. The number of nitrogens with zero attached hydrogens (tertiary/aromatic N) is 1. The zero-order chi connectivity index (χ0) is 11.5. The number of nitrogens with one attached hydrogen (secondary N) is 1. The number of H-pyrrole nitrogens is 1. The summed E-state index contributed by atoms with van der Waals surface area (Å²) in [5.74, 6) is 0. The van der Waals surface area contributed by atoms with E-state index >= 15 is 0 Å². The molecule has 1 atom stereocenters. The highest BCUT2D eigenvalue weighted by Gasteiger charge is 2.22. The van der Waals surface area contributed by atoms with Crippen molar-refractivity contribution in [2.45, 2.75) is 39.2 Å². The van der Waals surface area contributed by atoms with Gasteiger partial charge in [-0.1, -0.05) is 13.3 Å². The van der Waals surface area contributed by atoms with Crippen LogP contribution in [0.25, 0.3) is 0 Å². The third kappa shape index (κ3) is 2.19. The van der Waals surface area contributed by atoms with Gasteiger partial charge in [0.2, 0.25) is 0 Å². The number of pyridine rings is 1. The van der Waals surface area contributed by atoms with Crippen LogP contribution in [0.3, 0.4) is 0 Å². The van der Waals surface area contributed by atoms with Gasteiger partial charge < -0.3 is 4.98 Å². The van der Waals surface area contributed by atoms with E-state index in [1.165, 1.54) is 31.4 Å². The molecule has 1 N–H and O–H groups in total. The Bertz CT molecular complexity index is 411. The van der Waals surface area contributed by atoms with Crippen LogP contribution in [0.5, 0.6) is 0 Å². The van der Waals surface area contributed by atoms with Gasteiger partial charge in [-0.2, -0.15) is 0 Å². The smallest absolute Gasteiger partial charge is 0.250 e. The molecule has 3 nitrogen and oxygen atoms in total. The first-order chi connectivity index (χ1) is 7.72. The van der Waals surface area contributed by atoms with Crippen molar-refractivity contribution >= 4 is 0 Å². The maximum absolute atomic E-state index is 11.3. The van der Waals surface area contributed by atoms with E-state index in [2.05, 4.69) is 16.8 Å². The van der Waals surface area contributed by atoms with E-state index in [1.54, 1.807) is 0 Å². The summed E-state index contributed by atoms with van der Waals surface area (Å²) >= 11 is 0. The summed E-state index contributed by atoms with van der Waals surface area (Å²) in [5.41, 5.74) is 2.11. The van der Waals surface area contributed by atoms with Gasteiger partial charge in [-0.25, -0.2) is 0 Å². The predicted molar refractivity (Wildman–Crippen MR) is 65.6 cm³/mol. The first-order valence-corrected chi connectivity index (χ1v) is 6.15. The zero-order valence-corrected chi connectivity index (χ0v) is 10.1. The van der Waals surface area contributed by atoms with Gasteiger partial charge in [-0.15, -0.1) is 0 Å². The molecule has 0 amide bonds. The number of piperidine rings is 1. The number of rotatable bonds is 2. The molecule has 0 radical (unpaired) electrons. The Morgan fingerprint density at radius 1 is 1.50 bits per heavy atom. The van der Waals surface area contributed by atoms with Crippen molar-refractivity contribution < 1.29 is 0 Å². The molecule has 2 heterocycles. The molecule has 0 aromatic carbocycles. The Morgan fingerprint density at radius 2 is 2.31 bits per heavy atom. The average Bonchev–Trinajstić information content (AvgIpc) is 2.32. The Balaban J connectivity index is 2.27. The van der Waals surface area contributed by atoms with Crippen LogP contribution in [0.1, 0.15) is 43.4 Å². The maximum Gasteiger partial charge on any atom is 0.250 e. The van der Waals surface area contributed by atoms with E-state index < -0.39 is 0 Å². The van der Waals surface area contributed by atoms with Crippen LogP contribution < -0.4 is 5.56 Å². The van der Waals surface area contributed by atoms with Crippen molar-refractivity contribution in [2.75, 3.05) is 13.1 Å². The molecule has 0 saturated carbocycles. The number of aromatic nitrogens is 1. The Labute approximate surface area is 96.5 Å². The van der Waals surface area contributed by atoms with E-state index in [0.29, 0.717) is 6.04 Å². The molecule has 1 aromatic rings. The van der Waals surface area contributed by atoms with Crippen LogP contribution in [0.4, 0.5) is 0 Å². The number of aromatic amines is 1. The monoisotopic (exact) mass is 220 g/mol. The normalized spacial score (nSPS) is 22.2. The lowest BCUT2D eigenvalue weighted by Crippen LogP contribution is -2.33. The summed E-state index contributed by atoms with van der Waals surface area (Å²) < 4.78 is 0. The van der Waals surface area contributed by atoms with Crippen LogP contribution in [0, 0.1) is 6.92 Å². The SMILES string of the molecule is CCN1CCCC[C@@H]1c1c[nH]c(=O)c(C)c1. The van der Waals surface area contributed by atoms with E-state index in [9.17, 15) is 4.79 Å². The van der Waals surface area contributed by atoms with Gasteiger partial charge in [-0.3, -0.25) is 9.69 Å². The maximum atomic E-state index is 11.3. The first kappa shape index (κ1) is 11.4. The highest BCUT2D eigenvalue weighted by atomic mass is 16.1. The lowest BCUT2D eigenvalue weighted by Gasteiger charge is -2.35. The summed E-state index contributed by atoms with van der Waals surface area (Å²) in [6, 6.07) is 2.53. The molecule has 0 aliphatic carbocycles. The van der Waals surface area contributed by atoms with Gasteiger partial charge in [0.25, 0.3) is 5.56 Å². The average molecular weight is 220 g/mol. The molecule has 1 saturated heterocycles. The van der Waals surface area contributed by atoms with Gasteiger partial charge in [0.15, 0.2) is 0 Å². The minimum Gasteiger partial charge on any atom is -0.329 e. The minimum atomic E-state index is 0.0302. The van der Waals surface area contributed by atoms with Gasteiger partial charge in [-0.05, 0) is 44.5 Å². The molecule has 88 valence electrons. The third-order valence-corrected chi connectivity index (χ3v) is 3.52. The van der Waals surface area contributed by atoms with E-state index in [1.807, 2.05) is 19.2 Å². The van der Waals surface area contributed by atoms with Crippen LogP contribution >= 0.6 is 0 Å². The van der Waals surface area contributed by atoms with Gasteiger partial charge >= 0.3 is 0 Å². The minimum absolute atomic E-state index is 0.0302. The van der Waals surface area contributed by atoms with Crippen molar-refractivity contribution in [1.29, 1.82) is 0 Å². The lowest BCUT2D eigenvalue weighted by molar-refractivity contribution is 0.157. The molecule has 2 rings (SSSR count). The lowest BCUT2D eigenvalue weighted by atomic mass is 9.96. The van der Waals surface area contributed by atoms with Crippen molar-refractivity contribution in [3.05, 3.63) is 33.7 Å². The summed E-state index contributed by atoms with van der Waals surface area (Å²) in [6.45, 7) is 6.35. The van der Waals surface area contributed by atoms with Crippen LogP contribution in [0.15, 0.2) is 17.1 Å². The highest BCUT2D eigenvalue weighted by Crippen LogP contribution is 2.29. The second-order valence-electron chi connectivity index (χ2n) is 4.59. The fourth-order valence-electron chi connectivity index (χ4n) is 2.56. The molecule has 1 aromatic heterocycles. The topological polar surface area (TPSA) is 36.1 Å². The molecule has 0 unspecified atom stereocenters. The zero-order valence-electron chi connectivity index (χ0n) is 10.1. The molecule has 16 heavy (non-hydrogen) atoms. The molecule has 1 fully saturated rings. The largest absolute Gasteiger partial charge is 0.329 e. The Hall–Kier alpha value is -1.09. The van der Waals surface area contributed by atoms with Gasteiger partial charge in [0.05, 0.1) is 0 Å². The molecular formula is C13H20N2O. The van der Waals surface area contributed by atoms with E-state index in [-0.39, 0.29) is 5.56 Å². The quantitative estimate of drug-likeness (QED) is 0.829. The third-order valence-electron chi connectivity index (χ3n) is 3.52. The standard InChI is InChI=1S/C13H20N2O/c1-3-15-7-5-4-6-12(15)11-8-10(2)13(16)14-9-11/h8-9,12H,3-7H2,1-2H3,(H,14,16)/t12-/m1/s1. The second kappa shape index (κ2) is 4.83. The van der Waals surface area contributed by atoms with Gasteiger partial charge in [0.1, 0.15) is 0 Å². The van der Waals surface area contributed by atoms with E-state index in [0.717, 1.165) is 12.1 Å². The number of hydrogen-bond acceptors (Lipinski definition) is 2. The van der Waals surface area contributed by atoms with Crippen molar-refractivity contribution in [2.24, 2.45) is 0 Å². The van der Waals surface area contributed by atoms with Crippen molar-refractivity contribution in [3.63, 3.8) is 0 Å². The van der Waals surface area contributed by atoms with Crippen LogP contribution in [0.2, 0.25) is 0 Å². The summed E-state index contributed by atoms with van der Waals surface area (Å²) in [4.78, 5) is 16.7. The second-order valence-corrected chi connectivity index (χ2v) is 4.59. The fraction of sp³-hybridized carbons (Fsp3) is 0.615. The number of hydrogen-bond donors (Lipinski definition) is 1. The van der Waals surface area contributed by atoms with Crippen molar-refractivity contribution in [1.82, 2.24) is 9.88 Å². The molecule has 3 heteroatoms. The van der Waals surface area contributed by atoms with Gasteiger partial charge in [0, 0.05) is 17.8 Å². The number of likely N-dealkylation sites (tertiary alicyclic amines) is 1. The van der Waals surface area contributed by atoms with Crippen LogP contribution in [-0.2, 0) is 0 Å². The van der Waals surface area contributed by atoms with E-state index in [4.69, 9.17) is 0 Å². The molecule has 1 aliphatic heterocycles. The predicted octanol–water partition coefficient (Wildman–Crippen LogP) is 2.23. The Morgan fingerprint density at radius 3 is 3.00 bits per heavy atom.